The smallest absolute Gasteiger partial charge is 0.255 e. The number of carbonyl (C=O) groups excluding carboxylic acids is 2. The molecule has 1 aliphatic heterocycles. The van der Waals surface area contributed by atoms with Gasteiger partial charge in [-0.15, -0.1) is 10.2 Å². The first-order valence-corrected chi connectivity index (χ1v) is 8.39. The molecule has 27 heavy (non-hydrogen) atoms. The van der Waals surface area contributed by atoms with Crippen LogP contribution in [0.4, 0.5) is 17.1 Å². The SMILES string of the molecule is Cn1cnnc1-c1cncc(NC(=O)c2ccc3c(c2)NCCC(=O)N3)c1. The van der Waals surface area contributed by atoms with Gasteiger partial charge in [-0.3, -0.25) is 14.6 Å². The van der Waals surface area contributed by atoms with Gasteiger partial charge in [0.2, 0.25) is 5.91 Å². The van der Waals surface area contributed by atoms with E-state index in [0.29, 0.717) is 35.7 Å². The number of aryl methyl sites for hydroxylation is 1. The molecule has 3 heterocycles. The number of nitrogens with zero attached hydrogens (tertiary/aromatic N) is 4. The Bertz CT molecular complexity index is 1030. The molecule has 0 saturated heterocycles. The second kappa shape index (κ2) is 6.87. The summed E-state index contributed by atoms with van der Waals surface area (Å²) in [4.78, 5) is 28.4. The predicted molar refractivity (Wildman–Crippen MR) is 100 cm³/mol. The Labute approximate surface area is 154 Å². The Morgan fingerprint density at radius 3 is 2.93 bits per heavy atom. The number of fused-ring (bicyclic) bond motifs is 1. The highest BCUT2D eigenvalue weighted by molar-refractivity contribution is 6.06. The van der Waals surface area contributed by atoms with E-state index in [1.165, 1.54) is 0 Å². The van der Waals surface area contributed by atoms with Gasteiger partial charge < -0.3 is 20.5 Å². The molecule has 0 radical (unpaired) electrons. The van der Waals surface area contributed by atoms with Gasteiger partial charge in [0.15, 0.2) is 5.82 Å². The number of hydrogen-bond acceptors (Lipinski definition) is 6. The number of carbonyl (C=O) groups is 2. The first-order chi connectivity index (χ1) is 13.1. The summed E-state index contributed by atoms with van der Waals surface area (Å²) in [5.74, 6) is 0.334. The van der Waals surface area contributed by atoms with Gasteiger partial charge in [0.1, 0.15) is 6.33 Å². The van der Waals surface area contributed by atoms with E-state index >= 15 is 0 Å². The summed E-state index contributed by atoms with van der Waals surface area (Å²) in [7, 11) is 1.84. The van der Waals surface area contributed by atoms with Crippen molar-refractivity contribution in [2.45, 2.75) is 6.42 Å². The zero-order valence-corrected chi connectivity index (χ0v) is 14.6. The molecule has 2 amide bonds. The molecule has 0 spiro atoms. The van der Waals surface area contributed by atoms with E-state index in [4.69, 9.17) is 0 Å². The highest BCUT2D eigenvalue weighted by atomic mass is 16.2. The Morgan fingerprint density at radius 1 is 1.22 bits per heavy atom. The molecule has 136 valence electrons. The number of aromatic nitrogens is 4. The van der Waals surface area contributed by atoms with E-state index in [0.717, 1.165) is 11.3 Å². The second-order valence-corrected chi connectivity index (χ2v) is 6.17. The Balaban J connectivity index is 1.55. The lowest BCUT2D eigenvalue weighted by Gasteiger charge is -2.11. The van der Waals surface area contributed by atoms with Crippen molar-refractivity contribution in [3.8, 4) is 11.4 Å². The maximum absolute atomic E-state index is 12.6. The maximum atomic E-state index is 12.6. The number of anilines is 3. The van der Waals surface area contributed by atoms with Crippen molar-refractivity contribution in [1.82, 2.24) is 19.7 Å². The van der Waals surface area contributed by atoms with Gasteiger partial charge in [-0.25, -0.2) is 0 Å². The molecule has 0 aliphatic carbocycles. The molecular formula is C18H17N7O2. The molecular weight excluding hydrogens is 346 g/mol. The zero-order chi connectivity index (χ0) is 18.8. The molecule has 0 bridgehead atoms. The van der Waals surface area contributed by atoms with Gasteiger partial charge in [-0.2, -0.15) is 0 Å². The summed E-state index contributed by atoms with van der Waals surface area (Å²) in [6.45, 7) is 0.521. The quantitative estimate of drug-likeness (QED) is 0.655. The summed E-state index contributed by atoms with van der Waals surface area (Å²) < 4.78 is 1.77. The minimum Gasteiger partial charge on any atom is -0.383 e. The second-order valence-electron chi connectivity index (χ2n) is 6.17. The van der Waals surface area contributed by atoms with E-state index in [2.05, 4.69) is 31.1 Å². The lowest BCUT2D eigenvalue weighted by Crippen LogP contribution is -2.13. The number of hydrogen-bond donors (Lipinski definition) is 3. The first kappa shape index (κ1) is 16.7. The molecule has 0 atom stereocenters. The number of benzene rings is 1. The lowest BCUT2D eigenvalue weighted by atomic mass is 10.1. The molecule has 9 nitrogen and oxygen atoms in total. The van der Waals surface area contributed by atoms with Crippen molar-refractivity contribution < 1.29 is 9.59 Å². The van der Waals surface area contributed by atoms with Crippen LogP contribution in [-0.2, 0) is 11.8 Å². The van der Waals surface area contributed by atoms with Crippen LogP contribution in [0.2, 0.25) is 0 Å². The summed E-state index contributed by atoms with van der Waals surface area (Å²) in [6, 6.07) is 6.89. The van der Waals surface area contributed by atoms with Gasteiger partial charge in [0.25, 0.3) is 5.91 Å². The monoisotopic (exact) mass is 363 g/mol. The molecule has 4 rings (SSSR count). The predicted octanol–water partition coefficient (Wildman–Crippen LogP) is 1.88. The van der Waals surface area contributed by atoms with Crippen LogP contribution in [0, 0.1) is 0 Å². The topological polar surface area (TPSA) is 114 Å². The van der Waals surface area contributed by atoms with E-state index in [1.54, 1.807) is 47.6 Å². The zero-order valence-electron chi connectivity index (χ0n) is 14.6. The van der Waals surface area contributed by atoms with Gasteiger partial charge in [0.05, 0.1) is 23.3 Å². The average Bonchev–Trinajstić information content (AvgIpc) is 2.99. The third kappa shape index (κ3) is 3.47. The van der Waals surface area contributed by atoms with Crippen molar-refractivity contribution in [1.29, 1.82) is 0 Å². The lowest BCUT2D eigenvalue weighted by molar-refractivity contribution is -0.115. The van der Waals surface area contributed by atoms with Crippen LogP contribution in [0.15, 0.2) is 43.0 Å². The van der Waals surface area contributed by atoms with Crippen LogP contribution in [0.1, 0.15) is 16.8 Å². The Hall–Kier alpha value is -3.75. The van der Waals surface area contributed by atoms with Crippen LogP contribution in [0.25, 0.3) is 11.4 Å². The molecule has 0 unspecified atom stereocenters. The van der Waals surface area contributed by atoms with Crippen LogP contribution in [0.3, 0.4) is 0 Å². The number of amides is 2. The molecule has 1 aromatic carbocycles. The Kier molecular flexibility index (Phi) is 4.25. The summed E-state index contributed by atoms with van der Waals surface area (Å²) >= 11 is 0. The number of rotatable bonds is 3. The number of nitrogens with one attached hydrogen (secondary N) is 3. The molecule has 0 fully saturated rings. The summed E-state index contributed by atoms with van der Waals surface area (Å²) in [5, 5.41) is 16.7. The van der Waals surface area contributed by atoms with Gasteiger partial charge in [0, 0.05) is 37.3 Å². The van der Waals surface area contributed by atoms with Gasteiger partial charge in [-0.1, -0.05) is 0 Å². The molecule has 3 aromatic rings. The van der Waals surface area contributed by atoms with E-state index in [-0.39, 0.29) is 11.8 Å². The van der Waals surface area contributed by atoms with Crippen LogP contribution >= 0.6 is 0 Å². The molecule has 2 aromatic heterocycles. The number of pyridine rings is 1. The van der Waals surface area contributed by atoms with Gasteiger partial charge in [-0.05, 0) is 24.3 Å². The highest BCUT2D eigenvalue weighted by Crippen LogP contribution is 2.26. The van der Waals surface area contributed by atoms with Crippen LogP contribution in [-0.4, -0.2) is 38.1 Å². The van der Waals surface area contributed by atoms with Crippen molar-refractivity contribution in [3.05, 3.63) is 48.5 Å². The average molecular weight is 363 g/mol. The largest absolute Gasteiger partial charge is 0.383 e. The van der Waals surface area contributed by atoms with Crippen LogP contribution < -0.4 is 16.0 Å². The molecule has 1 aliphatic rings. The Morgan fingerprint density at radius 2 is 2.11 bits per heavy atom. The maximum Gasteiger partial charge on any atom is 0.255 e. The van der Waals surface area contributed by atoms with E-state index in [1.807, 2.05) is 7.05 Å². The highest BCUT2D eigenvalue weighted by Gasteiger charge is 2.15. The minimum absolute atomic E-state index is 0.0508. The van der Waals surface area contributed by atoms with E-state index in [9.17, 15) is 9.59 Å². The van der Waals surface area contributed by atoms with Crippen LogP contribution in [0.5, 0.6) is 0 Å². The molecule has 0 saturated carbocycles. The van der Waals surface area contributed by atoms with Crippen molar-refractivity contribution >= 4 is 28.9 Å². The van der Waals surface area contributed by atoms with Crippen molar-refractivity contribution in [2.24, 2.45) is 7.05 Å². The fourth-order valence-electron chi connectivity index (χ4n) is 2.84. The summed E-state index contributed by atoms with van der Waals surface area (Å²) in [6.07, 6.45) is 5.22. The minimum atomic E-state index is -0.271. The normalized spacial score (nSPS) is 13.1. The van der Waals surface area contributed by atoms with Crippen molar-refractivity contribution in [2.75, 3.05) is 22.5 Å². The fraction of sp³-hybridized carbons (Fsp3) is 0.167. The standard InChI is InChI=1S/C18H17N7O2/c1-25-10-21-24-17(25)12-6-13(9-19-8-12)22-18(27)11-2-3-14-15(7-11)20-5-4-16(26)23-14/h2-3,6-10,20H,4-5H2,1H3,(H,22,27)(H,23,26). The van der Waals surface area contributed by atoms with Crippen molar-refractivity contribution in [3.63, 3.8) is 0 Å². The molecule has 3 N–H and O–H groups in total. The van der Waals surface area contributed by atoms with Gasteiger partial charge >= 0.3 is 0 Å². The molecule has 9 heteroatoms. The third-order valence-corrected chi connectivity index (χ3v) is 4.19. The first-order valence-electron chi connectivity index (χ1n) is 8.39. The third-order valence-electron chi connectivity index (χ3n) is 4.19. The summed E-state index contributed by atoms with van der Waals surface area (Å²) in [5.41, 5.74) is 3.16. The van der Waals surface area contributed by atoms with E-state index < -0.39 is 0 Å². The fourth-order valence-corrected chi connectivity index (χ4v) is 2.84.